The predicted octanol–water partition coefficient (Wildman–Crippen LogP) is 4.28. The van der Waals surface area contributed by atoms with Gasteiger partial charge in [-0.25, -0.2) is 4.79 Å². The molecular formula is C23H32ClN5O. The van der Waals surface area contributed by atoms with Gasteiger partial charge in [0.05, 0.1) is 11.9 Å². The van der Waals surface area contributed by atoms with Crippen LogP contribution in [0.15, 0.2) is 36.5 Å². The maximum atomic E-state index is 12.2. The van der Waals surface area contributed by atoms with Crippen LogP contribution in [0.1, 0.15) is 37.6 Å². The van der Waals surface area contributed by atoms with Crippen LogP contribution < -0.4 is 10.6 Å². The van der Waals surface area contributed by atoms with E-state index in [1.807, 2.05) is 25.1 Å². The van der Waals surface area contributed by atoms with Gasteiger partial charge in [-0.15, -0.1) is 0 Å². The Labute approximate surface area is 184 Å². The lowest BCUT2D eigenvalue weighted by molar-refractivity contribution is 0.0591. The first-order chi connectivity index (χ1) is 14.2. The normalized spacial score (nSPS) is 15.8. The zero-order valence-corrected chi connectivity index (χ0v) is 19.1. The average Bonchev–Trinajstić information content (AvgIpc) is 2.70. The van der Waals surface area contributed by atoms with Gasteiger partial charge < -0.3 is 10.6 Å². The number of urea groups is 1. The van der Waals surface area contributed by atoms with E-state index in [0.29, 0.717) is 17.3 Å². The number of hydrogen-bond acceptors (Lipinski definition) is 4. The average molecular weight is 430 g/mol. The van der Waals surface area contributed by atoms with Crippen molar-refractivity contribution in [2.75, 3.05) is 31.5 Å². The lowest BCUT2D eigenvalue weighted by atomic mass is 10.0. The van der Waals surface area contributed by atoms with Crippen LogP contribution in [0.4, 0.5) is 10.5 Å². The molecule has 1 saturated heterocycles. The molecule has 0 atom stereocenters. The summed E-state index contributed by atoms with van der Waals surface area (Å²) in [5.74, 6) is 0. The molecule has 0 saturated carbocycles. The molecule has 1 aliphatic rings. The Morgan fingerprint density at radius 2 is 1.87 bits per heavy atom. The minimum absolute atomic E-state index is 0.223. The summed E-state index contributed by atoms with van der Waals surface area (Å²) in [7, 11) is 0. The first-order valence-corrected chi connectivity index (χ1v) is 10.8. The zero-order chi connectivity index (χ0) is 21.7. The number of amides is 2. The third-order valence-corrected chi connectivity index (χ3v) is 5.81. The zero-order valence-electron chi connectivity index (χ0n) is 18.3. The number of rotatable bonds is 5. The molecule has 1 aliphatic heterocycles. The largest absolute Gasteiger partial charge is 0.334 e. The summed E-state index contributed by atoms with van der Waals surface area (Å²) in [6.45, 7) is 14.3. The number of nitrogens with zero attached hydrogens (tertiary/aromatic N) is 3. The van der Waals surface area contributed by atoms with Crippen molar-refractivity contribution >= 4 is 23.3 Å². The van der Waals surface area contributed by atoms with Crippen LogP contribution in [0.5, 0.6) is 0 Å². The smallest absolute Gasteiger partial charge is 0.319 e. The van der Waals surface area contributed by atoms with Crippen molar-refractivity contribution in [3.8, 4) is 0 Å². The van der Waals surface area contributed by atoms with Crippen LogP contribution in [0.3, 0.4) is 0 Å². The van der Waals surface area contributed by atoms with E-state index in [1.54, 1.807) is 6.20 Å². The summed E-state index contributed by atoms with van der Waals surface area (Å²) in [6.07, 6.45) is 1.64. The second-order valence-electron chi connectivity index (χ2n) is 8.86. The van der Waals surface area contributed by atoms with E-state index in [-0.39, 0.29) is 11.6 Å². The number of halogens is 1. The van der Waals surface area contributed by atoms with Gasteiger partial charge in [0, 0.05) is 55.5 Å². The third-order valence-electron chi connectivity index (χ3n) is 5.45. The molecule has 1 fully saturated rings. The van der Waals surface area contributed by atoms with Crippen molar-refractivity contribution in [1.29, 1.82) is 0 Å². The van der Waals surface area contributed by atoms with E-state index in [0.717, 1.165) is 44.0 Å². The van der Waals surface area contributed by atoms with Crippen LogP contribution in [-0.4, -0.2) is 52.5 Å². The van der Waals surface area contributed by atoms with Gasteiger partial charge >= 0.3 is 6.03 Å². The minimum Gasteiger partial charge on any atom is -0.334 e. The molecule has 6 nitrogen and oxygen atoms in total. The molecule has 2 aromatic rings. The van der Waals surface area contributed by atoms with Gasteiger partial charge in [-0.2, -0.15) is 0 Å². The molecule has 1 aromatic heterocycles. The molecule has 3 rings (SSSR count). The standard InChI is InChI=1S/C23H32ClN5O/c1-17-5-7-20(15-25-17)27-22(30)26-14-19-13-18(6-8-21(19)24)16-28-9-11-29(12-10-28)23(2,3)4/h5-8,13,15H,9-12,14,16H2,1-4H3,(H2,26,27,30). The van der Waals surface area contributed by atoms with Crippen molar-refractivity contribution in [3.05, 3.63) is 58.4 Å². The lowest BCUT2D eigenvalue weighted by Crippen LogP contribution is -2.53. The fourth-order valence-corrected chi connectivity index (χ4v) is 3.77. The molecule has 2 heterocycles. The van der Waals surface area contributed by atoms with Crippen molar-refractivity contribution in [2.45, 2.75) is 46.3 Å². The molecule has 0 aliphatic carbocycles. The van der Waals surface area contributed by atoms with Gasteiger partial charge in [-0.3, -0.25) is 14.8 Å². The Balaban J connectivity index is 1.52. The number of piperazine rings is 1. The van der Waals surface area contributed by atoms with Gasteiger partial charge in [0.15, 0.2) is 0 Å². The second kappa shape index (κ2) is 9.77. The lowest BCUT2D eigenvalue weighted by Gasteiger charge is -2.42. The highest BCUT2D eigenvalue weighted by Gasteiger charge is 2.25. The molecule has 0 unspecified atom stereocenters. The van der Waals surface area contributed by atoms with Crippen molar-refractivity contribution < 1.29 is 4.79 Å². The monoisotopic (exact) mass is 429 g/mol. The van der Waals surface area contributed by atoms with Crippen molar-refractivity contribution in [2.24, 2.45) is 0 Å². The first kappa shape index (κ1) is 22.5. The fraction of sp³-hybridized carbons (Fsp3) is 0.478. The quantitative estimate of drug-likeness (QED) is 0.744. The van der Waals surface area contributed by atoms with E-state index >= 15 is 0 Å². The van der Waals surface area contributed by atoms with E-state index in [4.69, 9.17) is 11.6 Å². The van der Waals surface area contributed by atoms with Gasteiger partial charge in [0.1, 0.15) is 0 Å². The maximum absolute atomic E-state index is 12.2. The molecule has 0 spiro atoms. The number of pyridine rings is 1. The van der Waals surface area contributed by atoms with Gasteiger partial charge in [0.25, 0.3) is 0 Å². The number of anilines is 1. The maximum Gasteiger partial charge on any atom is 0.319 e. The van der Waals surface area contributed by atoms with Gasteiger partial charge in [-0.05, 0) is 57.0 Å². The second-order valence-corrected chi connectivity index (χ2v) is 9.26. The number of carbonyl (C=O) groups is 1. The number of benzene rings is 1. The molecule has 7 heteroatoms. The Kier molecular flexibility index (Phi) is 7.34. The van der Waals surface area contributed by atoms with E-state index < -0.39 is 0 Å². The third kappa shape index (κ3) is 6.42. The molecule has 30 heavy (non-hydrogen) atoms. The Bertz CT molecular complexity index is 855. The molecule has 1 aromatic carbocycles. The number of nitrogens with one attached hydrogen (secondary N) is 2. The van der Waals surface area contributed by atoms with Crippen LogP contribution in [-0.2, 0) is 13.1 Å². The molecule has 2 amide bonds. The molecule has 0 bridgehead atoms. The van der Waals surface area contributed by atoms with Crippen LogP contribution in [0.25, 0.3) is 0 Å². The SMILES string of the molecule is Cc1ccc(NC(=O)NCc2cc(CN3CCN(C(C)(C)C)CC3)ccc2Cl)cn1. The van der Waals surface area contributed by atoms with Crippen molar-refractivity contribution in [1.82, 2.24) is 20.1 Å². The highest BCUT2D eigenvalue weighted by Crippen LogP contribution is 2.21. The molecule has 162 valence electrons. The highest BCUT2D eigenvalue weighted by atomic mass is 35.5. The van der Waals surface area contributed by atoms with E-state index in [1.165, 1.54) is 5.56 Å². The number of carbonyl (C=O) groups excluding carboxylic acids is 1. The highest BCUT2D eigenvalue weighted by molar-refractivity contribution is 6.31. The number of aryl methyl sites for hydroxylation is 1. The number of hydrogen-bond donors (Lipinski definition) is 2. The molecular weight excluding hydrogens is 398 g/mol. The van der Waals surface area contributed by atoms with E-state index in [9.17, 15) is 4.79 Å². The van der Waals surface area contributed by atoms with Crippen LogP contribution in [0, 0.1) is 6.92 Å². The van der Waals surface area contributed by atoms with Crippen molar-refractivity contribution in [3.63, 3.8) is 0 Å². The first-order valence-electron chi connectivity index (χ1n) is 10.4. The van der Waals surface area contributed by atoms with Gasteiger partial charge in [0.2, 0.25) is 0 Å². The summed E-state index contributed by atoms with van der Waals surface area (Å²) >= 11 is 6.37. The fourth-order valence-electron chi connectivity index (χ4n) is 3.59. The summed E-state index contributed by atoms with van der Waals surface area (Å²) in [5.41, 5.74) is 3.92. The summed E-state index contributed by atoms with van der Waals surface area (Å²) in [6, 6.07) is 9.49. The summed E-state index contributed by atoms with van der Waals surface area (Å²) < 4.78 is 0. The Morgan fingerprint density at radius 3 is 2.50 bits per heavy atom. The Morgan fingerprint density at radius 1 is 1.13 bits per heavy atom. The topological polar surface area (TPSA) is 60.5 Å². The number of aromatic nitrogens is 1. The minimum atomic E-state index is -0.277. The van der Waals surface area contributed by atoms with Gasteiger partial charge in [-0.1, -0.05) is 23.7 Å². The van der Waals surface area contributed by atoms with Crippen LogP contribution >= 0.6 is 11.6 Å². The van der Waals surface area contributed by atoms with Crippen LogP contribution in [0.2, 0.25) is 5.02 Å². The Hall–Kier alpha value is -2.15. The predicted molar refractivity (Wildman–Crippen MR) is 123 cm³/mol. The summed E-state index contributed by atoms with van der Waals surface area (Å²) in [5, 5.41) is 6.32. The molecule has 0 radical (unpaired) electrons. The summed E-state index contributed by atoms with van der Waals surface area (Å²) in [4.78, 5) is 21.4. The van der Waals surface area contributed by atoms with E-state index in [2.05, 4.69) is 58.3 Å². The molecule has 2 N–H and O–H groups in total.